The second-order valence-corrected chi connectivity index (χ2v) is 11.5. The summed E-state index contributed by atoms with van der Waals surface area (Å²) in [5.41, 5.74) is 0. The predicted octanol–water partition coefficient (Wildman–Crippen LogP) is 4.49. The van der Waals surface area contributed by atoms with Crippen LogP contribution in [-0.4, -0.2) is 28.6 Å². The van der Waals surface area contributed by atoms with E-state index in [0.29, 0.717) is 19.8 Å². The van der Waals surface area contributed by atoms with E-state index >= 15 is 0 Å². The Hall–Kier alpha value is -0.463. The van der Waals surface area contributed by atoms with E-state index in [9.17, 15) is 0 Å². The van der Waals surface area contributed by atoms with Gasteiger partial charge in [0.25, 0.3) is 0 Å². The fourth-order valence-corrected chi connectivity index (χ4v) is 7.03. The lowest BCUT2D eigenvalue weighted by molar-refractivity contribution is -0.697. The van der Waals surface area contributed by atoms with Gasteiger partial charge in [0.15, 0.2) is 12.4 Å². The minimum atomic E-state index is -2.42. The Kier molecular flexibility index (Phi) is 23.0. The van der Waals surface area contributed by atoms with Gasteiger partial charge in [-0.3, -0.25) is 0 Å². The third kappa shape index (κ3) is 17.6. The molecule has 0 amide bonds. The molecular weight excluding hydrogens is 450 g/mol. The third-order valence-electron chi connectivity index (χ3n) is 6.02. The largest absolute Gasteiger partial charge is 1.00 e. The molecule has 1 aromatic rings. The van der Waals surface area contributed by atoms with E-state index in [0.717, 1.165) is 19.0 Å². The molecule has 0 fully saturated rings. The monoisotopic (exact) mass is 501 g/mol. The van der Waals surface area contributed by atoms with Crippen molar-refractivity contribution in [1.82, 2.24) is 0 Å². The van der Waals surface area contributed by atoms with E-state index < -0.39 is 8.80 Å². The van der Waals surface area contributed by atoms with Crippen LogP contribution in [0.2, 0.25) is 6.04 Å². The van der Waals surface area contributed by atoms with Gasteiger partial charge in [-0.15, -0.1) is 0 Å². The van der Waals surface area contributed by atoms with Gasteiger partial charge >= 0.3 is 8.80 Å². The molecule has 0 aliphatic heterocycles. The molecule has 33 heavy (non-hydrogen) atoms. The quantitative estimate of drug-likeness (QED) is 0.126. The number of rotatable bonds is 23. The molecule has 1 aromatic heterocycles. The van der Waals surface area contributed by atoms with E-state index in [4.69, 9.17) is 13.3 Å². The van der Waals surface area contributed by atoms with Gasteiger partial charge in [0.2, 0.25) is 0 Å². The molecule has 0 spiro atoms. The summed E-state index contributed by atoms with van der Waals surface area (Å²) in [6.45, 7) is 9.30. The number of pyridine rings is 1. The van der Waals surface area contributed by atoms with Gasteiger partial charge in [0.1, 0.15) is 6.54 Å². The SMILES string of the molecule is CCO[Si](CCCCCCCCCCCCCCCC[n+]1ccccc1)(OCC)OCC.[Cl-]. The van der Waals surface area contributed by atoms with Gasteiger partial charge in [-0.2, -0.15) is 0 Å². The van der Waals surface area contributed by atoms with Crippen LogP contribution < -0.4 is 17.0 Å². The van der Waals surface area contributed by atoms with Gasteiger partial charge in [0.05, 0.1) is 0 Å². The Morgan fingerprint density at radius 1 is 0.515 bits per heavy atom. The fraction of sp³-hybridized carbons (Fsp3) is 0.815. The van der Waals surface area contributed by atoms with E-state index in [1.165, 1.54) is 83.5 Å². The lowest BCUT2D eigenvalue weighted by Gasteiger charge is -2.28. The highest BCUT2D eigenvalue weighted by Crippen LogP contribution is 2.21. The highest BCUT2D eigenvalue weighted by molar-refractivity contribution is 6.60. The first-order valence-corrected chi connectivity index (χ1v) is 15.6. The maximum absolute atomic E-state index is 5.94. The number of aryl methyl sites for hydroxylation is 1. The molecule has 0 aliphatic carbocycles. The lowest BCUT2D eigenvalue weighted by Crippen LogP contribution is -3.00. The lowest BCUT2D eigenvalue weighted by atomic mass is 10.0. The topological polar surface area (TPSA) is 31.6 Å². The van der Waals surface area contributed by atoms with Gasteiger partial charge in [-0.05, 0) is 33.6 Å². The normalized spacial score (nSPS) is 11.5. The molecule has 0 radical (unpaired) electrons. The molecule has 1 rings (SSSR count). The Balaban J connectivity index is 0.0000102. The van der Waals surface area contributed by atoms with Crippen LogP contribution in [-0.2, 0) is 19.8 Å². The summed E-state index contributed by atoms with van der Waals surface area (Å²) in [6.07, 6.45) is 23.4. The predicted molar refractivity (Wildman–Crippen MR) is 137 cm³/mol. The van der Waals surface area contributed by atoms with Crippen molar-refractivity contribution in [2.75, 3.05) is 19.8 Å². The van der Waals surface area contributed by atoms with Crippen molar-refractivity contribution in [3.63, 3.8) is 0 Å². The van der Waals surface area contributed by atoms with Crippen LogP contribution in [0.1, 0.15) is 111 Å². The molecule has 194 valence electrons. The zero-order chi connectivity index (χ0) is 23.2. The van der Waals surface area contributed by atoms with Crippen molar-refractivity contribution in [2.45, 2.75) is 123 Å². The van der Waals surface area contributed by atoms with E-state index in [-0.39, 0.29) is 12.4 Å². The zero-order valence-electron chi connectivity index (χ0n) is 21.9. The van der Waals surface area contributed by atoms with Gasteiger partial charge in [-0.1, -0.05) is 76.7 Å². The molecule has 4 nitrogen and oxygen atoms in total. The Morgan fingerprint density at radius 3 is 1.27 bits per heavy atom. The number of nitrogens with zero attached hydrogens (tertiary/aromatic N) is 1. The first-order valence-electron chi connectivity index (χ1n) is 13.6. The van der Waals surface area contributed by atoms with Crippen LogP contribution in [0.4, 0.5) is 0 Å². The van der Waals surface area contributed by atoms with Gasteiger partial charge in [-0.25, -0.2) is 4.57 Å². The maximum Gasteiger partial charge on any atom is 0.500 e. The highest BCUT2D eigenvalue weighted by atomic mass is 35.5. The summed E-state index contributed by atoms with van der Waals surface area (Å²) in [4.78, 5) is 0. The average molecular weight is 502 g/mol. The fourth-order valence-electron chi connectivity index (χ4n) is 4.34. The summed E-state index contributed by atoms with van der Waals surface area (Å²) >= 11 is 0. The van der Waals surface area contributed by atoms with Gasteiger partial charge < -0.3 is 25.7 Å². The molecule has 0 aliphatic rings. The minimum Gasteiger partial charge on any atom is -1.00 e. The summed E-state index contributed by atoms with van der Waals surface area (Å²) in [5, 5.41) is 0. The first kappa shape index (κ1) is 32.5. The second kappa shape index (κ2) is 23.3. The molecule has 0 aromatic carbocycles. The zero-order valence-corrected chi connectivity index (χ0v) is 23.6. The second-order valence-electron chi connectivity index (χ2n) is 8.80. The standard InChI is InChI=1S/C27H52NO3Si.ClH/c1-4-29-32(30-5-2,31-6-3)27-23-18-16-14-12-10-8-7-9-11-13-15-17-20-24-28-25-21-19-22-26-28;/h19,21-22,25-26H,4-18,20,23-24,27H2,1-3H3;1H/q+1;/p-1. The molecule has 6 heteroatoms. The Morgan fingerprint density at radius 2 is 0.879 bits per heavy atom. The molecule has 0 bridgehead atoms. The smallest absolute Gasteiger partial charge is 0.500 e. The molecule has 0 unspecified atom stereocenters. The Labute approximate surface area is 212 Å². The molecule has 0 saturated carbocycles. The van der Waals surface area contributed by atoms with Crippen LogP contribution in [0.25, 0.3) is 0 Å². The molecule has 0 N–H and O–H groups in total. The minimum absolute atomic E-state index is 0. The molecule has 0 atom stereocenters. The Bertz CT molecular complexity index is 504. The summed E-state index contributed by atoms with van der Waals surface area (Å²) in [6, 6.07) is 7.27. The van der Waals surface area contributed by atoms with Crippen LogP contribution in [0.5, 0.6) is 0 Å². The molecular formula is C27H52ClNO3Si. The van der Waals surface area contributed by atoms with Crippen molar-refractivity contribution >= 4 is 8.80 Å². The van der Waals surface area contributed by atoms with Crippen LogP contribution >= 0.6 is 0 Å². The van der Waals surface area contributed by atoms with E-state index in [1.54, 1.807) is 0 Å². The van der Waals surface area contributed by atoms with E-state index in [2.05, 4.69) is 35.2 Å². The summed E-state index contributed by atoms with van der Waals surface area (Å²) < 4.78 is 20.1. The summed E-state index contributed by atoms with van der Waals surface area (Å²) in [5.74, 6) is 0. The first-order chi connectivity index (χ1) is 15.8. The summed E-state index contributed by atoms with van der Waals surface area (Å²) in [7, 11) is -2.42. The van der Waals surface area contributed by atoms with Crippen molar-refractivity contribution < 1.29 is 30.3 Å². The number of hydrogen-bond donors (Lipinski definition) is 0. The number of aromatic nitrogens is 1. The van der Waals surface area contributed by atoms with Crippen molar-refractivity contribution in [3.8, 4) is 0 Å². The third-order valence-corrected chi connectivity index (χ3v) is 9.17. The van der Waals surface area contributed by atoms with E-state index in [1.807, 2.05) is 20.8 Å². The number of hydrogen-bond acceptors (Lipinski definition) is 3. The van der Waals surface area contributed by atoms with Crippen LogP contribution in [0.15, 0.2) is 30.6 Å². The molecule has 1 heterocycles. The molecule has 0 saturated heterocycles. The number of unbranched alkanes of at least 4 members (excludes halogenated alkanes) is 13. The van der Waals surface area contributed by atoms with Crippen molar-refractivity contribution in [3.05, 3.63) is 30.6 Å². The van der Waals surface area contributed by atoms with Crippen molar-refractivity contribution in [2.24, 2.45) is 0 Å². The van der Waals surface area contributed by atoms with Crippen LogP contribution in [0.3, 0.4) is 0 Å². The maximum atomic E-state index is 5.94. The van der Waals surface area contributed by atoms with Crippen LogP contribution in [0, 0.1) is 0 Å². The van der Waals surface area contributed by atoms with Crippen molar-refractivity contribution in [1.29, 1.82) is 0 Å². The average Bonchev–Trinajstić information content (AvgIpc) is 2.80. The number of halogens is 1. The van der Waals surface area contributed by atoms with Gasteiger partial charge in [0, 0.05) is 44.4 Å². The highest BCUT2D eigenvalue weighted by Gasteiger charge is 2.39.